The monoisotopic (exact) mass is 293 g/mol. The van der Waals surface area contributed by atoms with E-state index in [0.717, 1.165) is 6.92 Å². The van der Waals surface area contributed by atoms with Crippen molar-refractivity contribution in [3.8, 4) is 5.75 Å². The van der Waals surface area contributed by atoms with Gasteiger partial charge in [-0.2, -0.15) is 0 Å². The lowest BCUT2D eigenvalue weighted by Crippen LogP contribution is -2.16. The molecule has 0 bridgehead atoms. The number of anilines is 1. The van der Waals surface area contributed by atoms with Crippen molar-refractivity contribution in [1.29, 1.82) is 0 Å². The maximum atomic E-state index is 13.2. The number of alkyl halides is 2. The molecule has 21 heavy (non-hydrogen) atoms. The maximum absolute atomic E-state index is 13.2. The Morgan fingerprint density at radius 1 is 1.29 bits per heavy atom. The summed E-state index contributed by atoms with van der Waals surface area (Å²) >= 11 is 0. The van der Waals surface area contributed by atoms with Crippen molar-refractivity contribution in [2.45, 2.75) is 12.8 Å². The van der Waals surface area contributed by atoms with Gasteiger partial charge in [0.25, 0.3) is 11.8 Å². The predicted molar refractivity (Wildman–Crippen MR) is 72.5 cm³/mol. The largest absolute Gasteiger partial charge is 0.494 e. The molecule has 0 saturated heterocycles. The molecule has 0 spiro atoms. The first-order valence-corrected chi connectivity index (χ1v) is 6.06. The van der Waals surface area contributed by atoms with Crippen molar-refractivity contribution in [3.63, 3.8) is 0 Å². The molecule has 0 saturated carbocycles. The fourth-order valence-corrected chi connectivity index (χ4v) is 1.60. The van der Waals surface area contributed by atoms with E-state index in [1.54, 1.807) is 0 Å². The number of benzene rings is 1. The van der Waals surface area contributed by atoms with E-state index in [4.69, 9.17) is 4.74 Å². The van der Waals surface area contributed by atoms with Crippen LogP contribution in [0.25, 0.3) is 0 Å². The summed E-state index contributed by atoms with van der Waals surface area (Å²) in [5.74, 6) is -3.23. The Bertz CT molecular complexity index is 639. The van der Waals surface area contributed by atoms with Crippen LogP contribution in [0.15, 0.2) is 36.7 Å². The van der Waals surface area contributed by atoms with E-state index in [2.05, 4.69) is 15.3 Å². The molecule has 7 heteroatoms. The first-order valence-electron chi connectivity index (χ1n) is 6.06. The number of hydrogen-bond donors (Lipinski definition) is 1. The number of rotatable bonds is 4. The Morgan fingerprint density at radius 2 is 1.95 bits per heavy atom. The normalized spacial score (nSPS) is 11.0. The van der Waals surface area contributed by atoms with E-state index in [9.17, 15) is 13.6 Å². The highest BCUT2D eigenvalue weighted by Gasteiger charge is 2.24. The Kier molecular flexibility index (Phi) is 4.11. The van der Waals surface area contributed by atoms with Crippen LogP contribution in [0.4, 0.5) is 14.5 Å². The smallest absolute Gasteiger partial charge is 0.293 e. The molecule has 0 unspecified atom stereocenters. The average molecular weight is 293 g/mol. The first-order chi connectivity index (χ1) is 9.90. The molecule has 1 N–H and O–H groups in total. The fraction of sp³-hybridized carbons (Fsp3) is 0.214. The third kappa shape index (κ3) is 3.71. The van der Waals surface area contributed by atoms with Crippen LogP contribution in [0.3, 0.4) is 0 Å². The van der Waals surface area contributed by atoms with Crippen LogP contribution >= 0.6 is 0 Å². The zero-order chi connectivity index (χ0) is 15.5. The van der Waals surface area contributed by atoms with Gasteiger partial charge in [0.15, 0.2) is 5.75 Å². The summed E-state index contributed by atoms with van der Waals surface area (Å²) in [5.41, 5.74) is 0.0643. The van der Waals surface area contributed by atoms with E-state index in [1.807, 2.05) is 0 Å². The Morgan fingerprint density at radius 3 is 2.52 bits per heavy atom. The molecule has 110 valence electrons. The Hall–Kier alpha value is -2.57. The zero-order valence-electron chi connectivity index (χ0n) is 11.4. The molecule has 1 heterocycles. The van der Waals surface area contributed by atoms with Crippen LogP contribution in [-0.2, 0) is 5.92 Å². The number of methoxy groups -OCH3 is 1. The van der Waals surface area contributed by atoms with E-state index in [-0.39, 0.29) is 17.1 Å². The number of nitrogens with zero attached hydrogens (tertiary/aromatic N) is 2. The van der Waals surface area contributed by atoms with E-state index >= 15 is 0 Å². The molecule has 5 nitrogen and oxygen atoms in total. The van der Waals surface area contributed by atoms with Gasteiger partial charge in [0.2, 0.25) is 5.82 Å². The van der Waals surface area contributed by atoms with E-state index in [0.29, 0.717) is 5.75 Å². The predicted octanol–water partition coefficient (Wildman–Crippen LogP) is 2.85. The summed E-state index contributed by atoms with van der Waals surface area (Å²) in [6.45, 7) is 0.792. The van der Waals surface area contributed by atoms with Gasteiger partial charge in [-0.1, -0.05) is 12.1 Å². The maximum Gasteiger partial charge on any atom is 0.293 e. The summed E-state index contributed by atoms with van der Waals surface area (Å²) < 4.78 is 31.3. The minimum Gasteiger partial charge on any atom is -0.494 e. The van der Waals surface area contributed by atoms with Crippen LogP contribution in [-0.4, -0.2) is 23.0 Å². The summed E-state index contributed by atoms with van der Waals surface area (Å²) in [6, 6.07) is 5.45. The Labute approximate surface area is 120 Å². The summed E-state index contributed by atoms with van der Waals surface area (Å²) in [6.07, 6.45) is 2.69. The second-order valence-electron chi connectivity index (χ2n) is 4.37. The van der Waals surface area contributed by atoms with Gasteiger partial charge in [-0.25, -0.2) is 18.7 Å². The van der Waals surface area contributed by atoms with Crippen molar-refractivity contribution < 1.29 is 18.3 Å². The van der Waals surface area contributed by atoms with Crippen LogP contribution in [0, 0.1) is 0 Å². The number of halogens is 2. The van der Waals surface area contributed by atoms with E-state index in [1.165, 1.54) is 43.8 Å². The molecule has 2 rings (SSSR count). The lowest BCUT2D eigenvalue weighted by atomic mass is 10.1. The lowest BCUT2D eigenvalue weighted by molar-refractivity contribution is 0.0175. The SMILES string of the molecule is COc1cnc(C(=O)Nc2cccc(C(C)(F)F)c2)nc1. The summed E-state index contributed by atoms with van der Waals surface area (Å²) in [5, 5.41) is 2.47. The van der Waals surface area contributed by atoms with Crippen LogP contribution in [0.5, 0.6) is 5.75 Å². The molecule has 1 amide bonds. The molecule has 1 aromatic heterocycles. The topological polar surface area (TPSA) is 64.1 Å². The van der Waals surface area contributed by atoms with Crippen molar-refractivity contribution in [3.05, 3.63) is 48.0 Å². The van der Waals surface area contributed by atoms with Crippen LogP contribution < -0.4 is 10.1 Å². The number of ether oxygens (including phenoxy) is 1. The molecule has 2 aromatic rings. The van der Waals surface area contributed by atoms with Gasteiger partial charge in [0, 0.05) is 18.2 Å². The minimum atomic E-state index is -2.97. The Balaban J connectivity index is 2.15. The zero-order valence-corrected chi connectivity index (χ0v) is 11.4. The molecule has 0 aliphatic heterocycles. The number of amides is 1. The highest BCUT2D eigenvalue weighted by atomic mass is 19.3. The van der Waals surface area contributed by atoms with Crippen molar-refractivity contribution in [2.75, 3.05) is 12.4 Å². The molecule has 0 atom stereocenters. The minimum absolute atomic E-state index is 0.0792. The summed E-state index contributed by atoms with van der Waals surface area (Å²) in [4.78, 5) is 19.6. The molecular formula is C14H13F2N3O2. The quantitative estimate of drug-likeness (QED) is 0.941. The van der Waals surface area contributed by atoms with Crippen LogP contribution in [0.1, 0.15) is 23.1 Å². The van der Waals surface area contributed by atoms with Gasteiger partial charge in [0.1, 0.15) is 0 Å². The highest BCUT2D eigenvalue weighted by molar-refractivity contribution is 6.01. The standard InChI is InChI=1S/C14H13F2N3O2/c1-14(15,16)9-4-3-5-10(6-9)19-13(20)12-17-7-11(21-2)8-18-12/h3-8H,1-2H3,(H,19,20). The lowest BCUT2D eigenvalue weighted by Gasteiger charge is -2.12. The van der Waals surface area contributed by atoms with Gasteiger partial charge >= 0.3 is 0 Å². The summed E-state index contributed by atoms with van der Waals surface area (Å²) in [7, 11) is 1.45. The molecule has 0 radical (unpaired) electrons. The van der Waals surface area contributed by atoms with Gasteiger partial charge in [-0.3, -0.25) is 4.79 Å². The third-order valence-corrected chi connectivity index (χ3v) is 2.69. The fourth-order valence-electron chi connectivity index (χ4n) is 1.60. The second-order valence-corrected chi connectivity index (χ2v) is 4.37. The van der Waals surface area contributed by atoms with Gasteiger partial charge in [-0.05, 0) is 12.1 Å². The second kappa shape index (κ2) is 5.82. The van der Waals surface area contributed by atoms with Gasteiger partial charge in [0.05, 0.1) is 19.5 Å². The highest BCUT2D eigenvalue weighted by Crippen LogP contribution is 2.28. The molecule has 0 aliphatic carbocycles. The van der Waals surface area contributed by atoms with Crippen LogP contribution in [0.2, 0.25) is 0 Å². The van der Waals surface area contributed by atoms with Crippen molar-refractivity contribution >= 4 is 11.6 Å². The molecule has 0 fully saturated rings. The molecule has 1 aromatic carbocycles. The molecular weight excluding hydrogens is 280 g/mol. The molecule has 0 aliphatic rings. The number of carbonyl (C=O) groups excluding carboxylic acids is 1. The van der Waals surface area contributed by atoms with Gasteiger partial charge < -0.3 is 10.1 Å². The first kappa shape index (κ1) is 14.8. The van der Waals surface area contributed by atoms with E-state index < -0.39 is 11.8 Å². The number of hydrogen-bond acceptors (Lipinski definition) is 4. The van der Waals surface area contributed by atoms with Gasteiger partial charge in [-0.15, -0.1) is 0 Å². The number of aromatic nitrogens is 2. The number of carbonyl (C=O) groups is 1. The van der Waals surface area contributed by atoms with Crippen molar-refractivity contribution in [1.82, 2.24) is 9.97 Å². The third-order valence-electron chi connectivity index (χ3n) is 2.69. The van der Waals surface area contributed by atoms with Crippen molar-refractivity contribution in [2.24, 2.45) is 0 Å². The average Bonchev–Trinajstić information content (AvgIpc) is 2.47. The number of nitrogens with one attached hydrogen (secondary N) is 1.